The molecule has 4 nitrogen and oxygen atoms in total. The maximum absolute atomic E-state index is 12.3. The van der Waals surface area contributed by atoms with Crippen LogP contribution >= 0.6 is 11.6 Å². The molecule has 3 rings (SSSR count). The second-order valence-electron chi connectivity index (χ2n) is 5.05. The molecule has 1 saturated carbocycles. The monoisotopic (exact) mass is 278 g/mol. The third kappa shape index (κ3) is 2.59. The predicted molar refractivity (Wildman–Crippen MR) is 72.1 cm³/mol. The highest BCUT2D eigenvalue weighted by molar-refractivity contribution is 6.30. The number of carbonyl (C=O) groups is 2. The van der Waals surface area contributed by atoms with Crippen molar-refractivity contribution in [1.82, 2.24) is 9.80 Å². The maximum atomic E-state index is 12.3. The van der Waals surface area contributed by atoms with Gasteiger partial charge in [0, 0.05) is 29.7 Å². The van der Waals surface area contributed by atoms with E-state index in [0.29, 0.717) is 29.7 Å². The number of carbonyl (C=O) groups excluding carboxylic acids is 2. The highest BCUT2D eigenvalue weighted by Crippen LogP contribution is 2.28. The van der Waals surface area contributed by atoms with Gasteiger partial charge in [-0.15, -0.1) is 0 Å². The lowest BCUT2D eigenvalue weighted by Crippen LogP contribution is -2.52. The summed E-state index contributed by atoms with van der Waals surface area (Å²) in [6.45, 7) is 1.46. The van der Waals surface area contributed by atoms with Crippen LogP contribution in [0.25, 0.3) is 0 Å². The van der Waals surface area contributed by atoms with Gasteiger partial charge in [-0.25, -0.2) is 0 Å². The Hall–Kier alpha value is -1.55. The molecule has 1 aromatic carbocycles. The van der Waals surface area contributed by atoms with Gasteiger partial charge in [-0.1, -0.05) is 11.6 Å². The number of hydrogen-bond donors (Lipinski definition) is 0. The van der Waals surface area contributed by atoms with Crippen LogP contribution < -0.4 is 0 Å². The molecule has 1 saturated heterocycles. The lowest BCUT2D eigenvalue weighted by atomic mass is 10.2. The second kappa shape index (κ2) is 4.85. The quantitative estimate of drug-likeness (QED) is 0.827. The Morgan fingerprint density at radius 2 is 1.84 bits per heavy atom. The van der Waals surface area contributed by atoms with Gasteiger partial charge in [-0.3, -0.25) is 9.59 Å². The van der Waals surface area contributed by atoms with E-state index in [9.17, 15) is 9.59 Å². The summed E-state index contributed by atoms with van der Waals surface area (Å²) < 4.78 is 0. The van der Waals surface area contributed by atoms with Gasteiger partial charge < -0.3 is 9.80 Å². The molecular formula is C14H15ClN2O2. The van der Waals surface area contributed by atoms with E-state index in [0.717, 1.165) is 12.8 Å². The number of piperazine rings is 1. The van der Waals surface area contributed by atoms with Gasteiger partial charge in [0.25, 0.3) is 5.91 Å². The largest absolute Gasteiger partial charge is 0.336 e. The third-order valence-electron chi connectivity index (χ3n) is 3.62. The molecule has 1 aliphatic heterocycles. The molecular weight excluding hydrogens is 264 g/mol. The number of amides is 2. The molecule has 2 amide bonds. The fourth-order valence-electron chi connectivity index (χ4n) is 2.41. The molecule has 0 radical (unpaired) electrons. The zero-order valence-corrected chi connectivity index (χ0v) is 11.3. The first-order valence-corrected chi connectivity index (χ1v) is 6.87. The maximum Gasteiger partial charge on any atom is 0.254 e. The van der Waals surface area contributed by atoms with Crippen LogP contribution in [0.3, 0.4) is 0 Å². The van der Waals surface area contributed by atoms with Gasteiger partial charge in [0.05, 0.1) is 0 Å². The summed E-state index contributed by atoms with van der Waals surface area (Å²) in [5, 5.41) is 0.603. The van der Waals surface area contributed by atoms with E-state index in [1.165, 1.54) is 0 Å². The average molecular weight is 279 g/mol. The SMILES string of the molecule is O=C(c1ccc(Cl)cc1)N1CCN(C2CC2)C(=O)C1. The summed E-state index contributed by atoms with van der Waals surface area (Å²) in [6, 6.07) is 7.21. The van der Waals surface area contributed by atoms with Gasteiger partial charge in [0.2, 0.25) is 5.91 Å². The molecule has 0 N–H and O–H groups in total. The minimum atomic E-state index is -0.0968. The highest BCUT2D eigenvalue weighted by atomic mass is 35.5. The smallest absolute Gasteiger partial charge is 0.254 e. The fourth-order valence-corrected chi connectivity index (χ4v) is 2.53. The van der Waals surface area contributed by atoms with Crippen LogP contribution in [-0.4, -0.2) is 47.3 Å². The minimum absolute atomic E-state index is 0.0658. The summed E-state index contributed by atoms with van der Waals surface area (Å²) in [4.78, 5) is 27.8. The Kier molecular flexibility index (Phi) is 3.19. The number of nitrogens with zero attached hydrogens (tertiary/aromatic N) is 2. The van der Waals surface area contributed by atoms with Gasteiger partial charge >= 0.3 is 0 Å². The van der Waals surface area contributed by atoms with Crippen molar-refractivity contribution < 1.29 is 9.59 Å². The molecule has 2 fully saturated rings. The Balaban J connectivity index is 1.68. The van der Waals surface area contributed by atoms with Gasteiger partial charge in [-0.05, 0) is 37.1 Å². The topological polar surface area (TPSA) is 40.6 Å². The molecule has 0 unspecified atom stereocenters. The predicted octanol–water partition coefficient (Wildman–Crippen LogP) is 1.79. The first kappa shape index (κ1) is 12.5. The van der Waals surface area contributed by atoms with E-state index in [1.54, 1.807) is 29.2 Å². The standard InChI is InChI=1S/C14H15ClN2O2/c15-11-3-1-10(2-4-11)14(19)16-7-8-17(12-5-6-12)13(18)9-16/h1-4,12H,5-9H2. The van der Waals surface area contributed by atoms with Crippen LogP contribution in [0.5, 0.6) is 0 Å². The van der Waals surface area contributed by atoms with E-state index >= 15 is 0 Å². The molecule has 1 aromatic rings. The van der Waals surface area contributed by atoms with Crippen molar-refractivity contribution in [3.05, 3.63) is 34.9 Å². The van der Waals surface area contributed by atoms with Crippen LogP contribution in [0.15, 0.2) is 24.3 Å². The van der Waals surface area contributed by atoms with E-state index in [1.807, 2.05) is 4.90 Å². The number of benzene rings is 1. The van der Waals surface area contributed by atoms with Crippen molar-refractivity contribution in [2.24, 2.45) is 0 Å². The second-order valence-corrected chi connectivity index (χ2v) is 5.49. The fraction of sp³-hybridized carbons (Fsp3) is 0.429. The molecule has 0 bridgehead atoms. The van der Waals surface area contributed by atoms with Crippen LogP contribution in [0.2, 0.25) is 5.02 Å². The Morgan fingerprint density at radius 3 is 2.42 bits per heavy atom. The molecule has 2 aliphatic rings. The zero-order chi connectivity index (χ0) is 13.4. The van der Waals surface area contributed by atoms with Crippen LogP contribution in [0, 0.1) is 0 Å². The molecule has 5 heteroatoms. The molecule has 1 heterocycles. The summed E-state index contributed by atoms with van der Waals surface area (Å²) in [5.41, 5.74) is 0.581. The van der Waals surface area contributed by atoms with Gasteiger partial charge in [0.1, 0.15) is 6.54 Å². The molecule has 1 aliphatic carbocycles. The first-order chi connectivity index (χ1) is 9.15. The van der Waals surface area contributed by atoms with Crippen molar-refractivity contribution in [3.8, 4) is 0 Å². The average Bonchev–Trinajstić information content (AvgIpc) is 3.23. The van der Waals surface area contributed by atoms with Gasteiger partial charge in [-0.2, -0.15) is 0 Å². The Bertz CT molecular complexity index is 511. The van der Waals surface area contributed by atoms with Crippen molar-refractivity contribution in [2.45, 2.75) is 18.9 Å². The molecule has 19 heavy (non-hydrogen) atoms. The van der Waals surface area contributed by atoms with Crippen molar-refractivity contribution in [3.63, 3.8) is 0 Å². The summed E-state index contributed by atoms with van der Waals surface area (Å²) >= 11 is 5.80. The van der Waals surface area contributed by atoms with Crippen LogP contribution in [0.4, 0.5) is 0 Å². The van der Waals surface area contributed by atoms with E-state index in [2.05, 4.69) is 0 Å². The first-order valence-electron chi connectivity index (χ1n) is 6.49. The Labute approximate surface area is 116 Å². The molecule has 0 aromatic heterocycles. The van der Waals surface area contributed by atoms with Crippen LogP contribution in [-0.2, 0) is 4.79 Å². The number of hydrogen-bond acceptors (Lipinski definition) is 2. The Morgan fingerprint density at radius 1 is 1.16 bits per heavy atom. The lowest BCUT2D eigenvalue weighted by Gasteiger charge is -2.34. The van der Waals surface area contributed by atoms with E-state index < -0.39 is 0 Å². The van der Waals surface area contributed by atoms with Crippen molar-refractivity contribution >= 4 is 23.4 Å². The zero-order valence-electron chi connectivity index (χ0n) is 10.5. The molecule has 0 spiro atoms. The van der Waals surface area contributed by atoms with E-state index in [4.69, 9.17) is 11.6 Å². The lowest BCUT2D eigenvalue weighted by molar-refractivity contribution is -0.135. The normalized spacial score (nSPS) is 19.7. The third-order valence-corrected chi connectivity index (χ3v) is 3.88. The van der Waals surface area contributed by atoms with Crippen LogP contribution in [0.1, 0.15) is 23.2 Å². The number of rotatable bonds is 2. The molecule has 0 atom stereocenters. The van der Waals surface area contributed by atoms with Crippen molar-refractivity contribution in [1.29, 1.82) is 0 Å². The highest BCUT2D eigenvalue weighted by Gasteiger charge is 2.36. The van der Waals surface area contributed by atoms with Crippen molar-refractivity contribution in [2.75, 3.05) is 19.6 Å². The van der Waals surface area contributed by atoms with E-state index in [-0.39, 0.29) is 18.4 Å². The molecule has 100 valence electrons. The summed E-state index contributed by atoms with van der Waals surface area (Å²) in [7, 11) is 0. The minimum Gasteiger partial charge on any atom is -0.336 e. The van der Waals surface area contributed by atoms with Gasteiger partial charge in [0.15, 0.2) is 0 Å². The summed E-state index contributed by atoms with van der Waals surface area (Å²) in [6.07, 6.45) is 2.22. The number of halogens is 1. The summed E-state index contributed by atoms with van der Waals surface area (Å²) in [5.74, 6) is -0.0310.